The highest BCUT2D eigenvalue weighted by atomic mass is 35.5. The van der Waals surface area contributed by atoms with Gasteiger partial charge in [-0.05, 0) is 24.0 Å². The molecule has 30 heavy (non-hydrogen) atoms. The van der Waals surface area contributed by atoms with Gasteiger partial charge in [0.25, 0.3) is 0 Å². The van der Waals surface area contributed by atoms with E-state index in [0.717, 1.165) is 17.1 Å². The Kier molecular flexibility index (Phi) is 6.82. The van der Waals surface area contributed by atoms with Gasteiger partial charge in [0.15, 0.2) is 5.16 Å². The molecule has 0 atom stereocenters. The molecule has 8 heteroatoms. The van der Waals surface area contributed by atoms with Crippen LogP contribution in [0.3, 0.4) is 0 Å². The number of benzene rings is 2. The van der Waals surface area contributed by atoms with Crippen molar-refractivity contribution in [2.45, 2.75) is 17.5 Å². The van der Waals surface area contributed by atoms with Crippen LogP contribution >= 0.6 is 35.1 Å². The third-order valence-electron chi connectivity index (χ3n) is 4.74. The van der Waals surface area contributed by atoms with Crippen LogP contribution in [0.4, 0.5) is 16.3 Å². The van der Waals surface area contributed by atoms with E-state index < -0.39 is 0 Å². The fourth-order valence-corrected chi connectivity index (χ4v) is 4.61. The highest BCUT2D eigenvalue weighted by Gasteiger charge is 2.33. The summed E-state index contributed by atoms with van der Waals surface area (Å²) < 4.78 is 0. The standard InChI is InChI=1S/C22H21ClN4OS2/c1-29-12-11-26-20-17(14-27(22(26)28)19-10-6-5-9-18(19)23)13-24-21(25-20)30-15-16-7-3-2-4-8-16/h2-10,13H,11-12,14-15H2,1H3. The molecule has 1 aromatic heterocycles. The van der Waals surface area contributed by atoms with Gasteiger partial charge in [-0.15, -0.1) is 0 Å². The normalized spacial score (nSPS) is 13.5. The fraction of sp³-hybridized carbons (Fsp3) is 0.227. The van der Waals surface area contributed by atoms with Crippen molar-refractivity contribution in [1.82, 2.24) is 9.97 Å². The molecule has 0 fully saturated rings. The van der Waals surface area contributed by atoms with Crippen molar-refractivity contribution in [3.05, 3.63) is 76.9 Å². The summed E-state index contributed by atoms with van der Waals surface area (Å²) in [5.41, 5.74) is 2.83. The monoisotopic (exact) mass is 456 g/mol. The number of urea groups is 1. The zero-order chi connectivity index (χ0) is 20.9. The zero-order valence-corrected chi connectivity index (χ0v) is 18.9. The Morgan fingerprint density at radius 2 is 1.87 bits per heavy atom. The Bertz CT molecular complexity index is 1030. The van der Waals surface area contributed by atoms with Gasteiger partial charge in [-0.25, -0.2) is 14.8 Å². The molecule has 2 aromatic carbocycles. The van der Waals surface area contributed by atoms with Crippen LogP contribution in [0.15, 0.2) is 66.0 Å². The van der Waals surface area contributed by atoms with Gasteiger partial charge in [0.05, 0.1) is 17.3 Å². The highest BCUT2D eigenvalue weighted by Crippen LogP contribution is 2.35. The van der Waals surface area contributed by atoms with Gasteiger partial charge >= 0.3 is 6.03 Å². The summed E-state index contributed by atoms with van der Waals surface area (Å²) in [6, 6.07) is 17.5. The maximum absolute atomic E-state index is 13.4. The molecule has 0 saturated heterocycles. The maximum atomic E-state index is 13.4. The second-order valence-corrected chi connectivity index (χ2v) is 9.08. The minimum atomic E-state index is -0.109. The molecule has 0 unspecified atom stereocenters. The average molecular weight is 457 g/mol. The van der Waals surface area contributed by atoms with Gasteiger partial charge in [0.1, 0.15) is 5.82 Å². The molecular weight excluding hydrogens is 436 g/mol. The lowest BCUT2D eigenvalue weighted by Crippen LogP contribution is -2.49. The summed E-state index contributed by atoms with van der Waals surface area (Å²) in [4.78, 5) is 26.1. The van der Waals surface area contributed by atoms with Crippen molar-refractivity contribution < 1.29 is 4.79 Å². The Hall–Kier alpha value is -2.22. The van der Waals surface area contributed by atoms with E-state index in [2.05, 4.69) is 17.1 Å². The van der Waals surface area contributed by atoms with E-state index in [4.69, 9.17) is 16.6 Å². The SMILES string of the molecule is CSCCN1C(=O)N(c2ccccc2Cl)Cc2cnc(SCc3ccccc3)nc21. The van der Waals surface area contributed by atoms with E-state index in [1.807, 2.05) is 48.9 Å². The number of carbonyl (C=O) groups excluding carboxylic acids is 1. The van der Waals surface area contributed by atoms with E-state index in [1.165, 1.54) is 5.56 Å². The number of para-hydroxylation sites is 1. The first-order valence-corrected chi connectivity index (χ1v) is 12.3. The predicted octanol–water partition coefficient (Wildman–Crippen LogP) is 5.73. The Labute approximate surface area is 189 Å². The van der Waals surface area contributed by atoms with Gasteiger partial charge in [-0.3, -0.25) is 9.80 Å². The number of anilines is 2. The number of nitrogens with zero attached hydrogens (tertiary/aromatic N) is 4. The molecule has 154 valence electrons. The van der Waals surface area contributed by atoms with Crippen molar-refractivity contribution in [2.24, 2.45) is 0 Å². The summed E-state index contributed by atoms with van der Waals surface area (Å²) in [7, 11) is 0. The molecule has 0 saturated carbocycles. The molecule has 0 radical (unpaired) electrons. The third kappa shape index (κ3) is 4.58. The number of halogens is 1. The predicted molar refractivity (Wildman–Crippen MR) is 127 cm³/mol. The topological polar surface area (TPSA) is 49.3 Å². The summed E-state index contributed by atoms with van der Waals surface area (Å²) in [5, 5.41) is 1.22. The third-order valence-corrected chi connectivity index (χ3v) is 6.58. The van der Waals surface area contributed by atoms with Crippen molar-refractivity contribution in [3.8, 4) is 0 Å². The Morgan fingerprint density at radius 3 is 2.63 bits per heavy atom. The number of aromatic nitrogens is 2. The van der Waals surface area contributed by atoms with Crippen LogP contribution in [-0.2, 0) is 12.3 Å². The van der Waals surface area contributed by atoms with E-state index in [-0.39, 0.29) is 6.03 Å². The fourth-order valence-electron chi connectivity index (χ4n) is 3.24. The quantitative estimate of drug-likeness (QED) is 0.335. The summed E-state index contributed by atoms with van der Waals surface area (Å²) in [6.07, 6.45) is 3.86. The maximum Gasteiger partial charge on any atom is 0.330 e. The molecular formula is C22H21ClN4OS2. The van der Waals surface area contributed by atoms with Crippen molar-refractivity contribution >= 4 is 52.7 Å². The lowest BCUT2D eigenvalue weighted by molar-refractivity contribution is 0.250. The van der Waals surface area contributed by atoms with Gasteiger partial charge in [0.2, 0.25) is 0 Å². The molecule has 2 amide bonds. The molecule has 0 spiro atoms. The molecule has 4 rings (SSSR count). The second-order valence-electron chi connectivity index (χ2n) is 6.74. The van der Waals surface area contributed by atoms with Crippen molar-refractivity contribution in [1.29, 1.82) is 0 Å². The first-order valence-electron chi connectivity index (χ1n) is 9.52. The van der Waals surface area contributed by atoms with Crippen LogP contribution in [0.2, 0.25) is 5.02 Å². The summed E-state index contributed by atoms with van der Waals surface area (Å²) in [6.45, 7) is 0.977. The van der Waals surface area contributed by atoms with E-state index in [1.54, 1.807) is 39.4 Å². The molecule has 3 aromatic rings. The number of thioether (sulfide) groups is 2. The van der Waals surface area contributed by atoms with Crippen LogP contribution in [0.25, 0.3) is 0 Å². The number of hydrogen-bond acceptors (Lipinski definition) is 5. The summed E-state index contributed by atoms with van der Waals surface area (Å²) >= 11 is 9.65. The molecule has 0 aliphatic carbocycles. The van der Waals surface area contributed by atoms with Crippen LogP contribution in [-0.4, -0.2) is 34.6 Å². The molecule has 1 aliphatic rings. The van der Waals surface area contributed by atoms with Crippen LogP contribution in [0, 0.1) is 0 Å². The van der Waals surface area contributed by atoms with Crippen LogP contribution in [0.1, 0.15) is 11.1 Å². The minimum absolute atomic E-state index is 0.109. The molecule has 0 bridgehead atoms. The van der Waals surface area contributed by atoms with Gasteiger partial charge < -0.3 is 0 Å². The Balaban J connectivity index is 1.63. The lowest BCUT2D eigenvalue weighted by Gasteiger charge is -2.36. The lowest BCUT2D eigenvalue weighted by atomic mass is 10.2. The zero-order valence-electron chi connectivity index (χ0n) is 16.5. The number of hydrogen-bond donors (Lipinski definition) is 0. The largest absolute Gasteiger partial charge is 0.330 e. The van der Waals surface area contributed by atoms with Gasteiger partial charge in [-0.1, -0.05) is 65.8 Å². The van der Waals surface area contributed by atoms with E-state index in [9.17, 15) is 4.79 Å². The summed E-state index contributed by atoms with van der Waals surface area (Å²) in [5.74, 6) is 2.30. The van der Waals surface area contributed by atoms with Gasteiger partial charge in [-0.2, -0.15) is 11.8 Å². The first kappa shape index (κ1) is 21.0. The number of fused-ring (bicyclic) bond motifs is 1. The number of amides is 2. The molecule has 2 heterocycles. The number of rotatable bonds is 7. The minimum Gasteiger partial charge on any atom is -0.288 e. The van der Waals surface area contributed by atoms with Gasteiger partial charge in [0, 0.05) is 29.8 Å². The molecule has 5 nitrogen and oxygen atoms in total. The average Bonchev–Trinajstić information content (AvgIpc) is 2.78. The van der Waals surface area contributed by atoms with Crippen molar-refractivity contribution in [3.63, 3.8) is 0 Å². The second kappa shape index (κ2) is 9.73. The first-order chi connectivity index (χ1) is 14.7. The van der Waals surface area contributed by atoms with E-state index >= 15 is 0 Å². The Morgan fingerprint density at radius 1 is 1.10 bits per heavy atom. The van der Waals surface area contributed by atoms with Crippen molar-refractivity contribution in [2.75, 3.05) is 28.4 Å². The van der Waals surface area contributed by atoms with Crippen LogP contribution in [0.5, 0.6) is 0 Å². The molecule has 0 N–H and O–H groups in total. The van der Waals surface area contributed by atoms with E-state index in [0.29, 0.717) is 34.8 Å². The molecule has 1 aliphatic heterocycles. The smallest absolute Gasteiger partial charge is 0.288 e. The number of carbonyl (C=O) groups is 1. The highest BCUT2D eigenvalue weighted by molar-refractivity contribution is 7.98. The van der Waals surface area contributed by atoms with Crippen LogP contribution < -0.4 is 9.80 Å².